The van der Waals surface area contributed by atoms with Gasteiger partial charge in [0, 0.05) is 32.7 Å². The number of anilines is 1. The zero-order valence-corrected chi connectivity index (χ0v) is 17.8. The molecule has 2 aromatic heterocycles. The molecule has 0 saturated carbocycles. The van der Waals surface area contributed by atoms with Crippen molar-refractivity contribution in [1.82, 2.24) is 19.8 Å². The minimum absolute atomic E-state index is 0.0103. The number of thiophene rings is 1. The van der Waals surface area contributed by atoms with Crippen molar-refractivity contribution in [2.45, 2.75) is 19.8 Å². The largest absolute Gasteiger partial charge is 0.369 e. The molecule has 1 saturated heterocycles. The second kappa shape index (κ2) is 9.21. The Labute approximate surface area is 179 Å². The minimum atomic E-state index is 0.0103. The molecule has 8 heteroatoms. The van der Waals surface area contributed by atoms with Crippen LogP contribution in [-0.2, 0) is 11.2 Å². The number of carbonyl (C=O) groups is 2. The molecule has 4 rings (SSSR count). The fourth-order valence-electron chi connectivity index (χ4n) is 3.73. The summed E-state index contributed by atoms with van der Waals surface area (Å²) in [6.07, 6.45) is 4.39. The first-order chi connectivity index (χ1) is 14.7. The molecular formula is C22H25N5O2S. The second-order valence-corrected chi connectivity index (χ2v) is 8.41. The van der Waals surface area contributed by atoms with Gasteiger partial charge in [0.25, 0.3) is 5.91 Å². The Morgan fingerprint density at radius 1 is 1.17 bits per heavy atom. The predicted molar refractivity (Wildman–Crippen MR) is 119 cm³/mol. The Morgan fingerprint density at radius 2 is 1.93 bits per heavy atom. The van der Waals surface area contributed by atoms with Crippen LogP contribution < -0.4 is 5.32 Å². The van der Waals surface area contributed by atoms with Crippen LogP contribution in [0.4, 0.5) is 5.82 Å². The zero-order chi connectivity index (χ0) is 20.9. The van der Waals surface area contributed by atoms with Crippen LogP contribution >= 0.6 is 11.3 Å². The van der Waals surface area contributed by atoms with Gasteiger partial charge in [-0.3, -0.25) is 9.59 Å². The number of aromatic nitrogens is 2. The van der Waals surface area contributed by atoms with Crippen LogP contribution in [0.25, 0.3) is 10.2 Å². The molecule has 156 valence electrons. The normalized spacial score (nSPS) is 14.2. The summed E-state index contributed by atoms with van der Waals surface area (Å²) in [5, 5.41) is 4.36. The zero-order valence-electron chi connectivity index (χ0n) is 17.0. The number of hydrogen-bond acceptors (Lipinski definition) is 6. The predicted octanol–water partition coefficient (Wildman–Crippen LogP) is 2.96. The molecule has 0 bridgehead atoms. The SMILES string of the molecule is Cc1c(C(=O)N2CCN(C=O)CC2)sc2ncnc(NCCCc3ccccc3)c12. The highest BCUT2D eigenvalue weighted by molar-refractivity contribution is 7.20. The van der Waals surface area contributed by atoms with Gasteiger partial charge in [-0.2, -0.15) is 0 Å². The van der Waals surface area contributed by atoms with Crippen LogP contribution in [0.3, 0.4) is 0 Å². The first kappa shape index (κ1) is 20.3. The number of nitrogens with zero attached hydrogens (tertiary/aromatic N) is 4. The lowest BCUT2D eigenvalue weighted by Gasteiger charge is -2.32. The van der Waals surface area contributed by atoms with Crippen LogP contribution in [0.5, 0.6) is 0 Å². The summed E-state index contributed by atoms with van der Waals surface area (Å²) >= 11 is 1.42. The van der Waals surface area contributed by atoms with Crippen LogP contribution in [0, 0.1) is 6.92 Å². The molecule has 1 N–H and O–H groups in total. The molecule has 0 unspecified atom stereocenters. The highest BCUT2D eigenvalue weighted by atomic mass is 32.1. The van der Waals surface area contributed by atoms with Crippen LogP contribution in [0.1, 0.15) is 27.2 Å². The number of piperazine rings is 1. The van der Waals surface area contributed by atoms with Gasteiger partial charge in [-0.25, -0.2) is 9.97 Å². The first-order valence-electron chi connectivity index (χ1n) is 10.2. The highest BCUT2D eigenvalue weighted by Gasteiger charge is 2.26. The number of aryl methyl sites for hydroxylation is 2. The molecule has 3 aromatic rings. The highest BCUT2D eigenvalue weighted by Crippen LogP contribution is 2.34. The summed E-state index contributed by atoms with van der Waals surface area (Å²) in [7, 11) is 0. The van der Waals surface area contributed by atoms with E-state index < -0.39 is 0 Å². The van der Waals surface area contributed by atoms with Crippen molar-refractivity contribution >= 4 is 39.7 Å². The van der Waals surface area contributed by atoms with Crippen LogP contribution in [0.2, 0.25) is 0 Å². The molecule has 1 aliphatic rings. The maximum Gasteiger partial charge on any atom is 0.264 e. The fraction of sp³-hybridized carbons (Fsp3) is 0.364. The molecule has 1 aliphatic heterocycles. The monoisotopic (exact) mass is 423 g/mol. The maximum atomic E-state index is 13.1. The molecule has 1 aromatic carbocycles. The van der Waals surface area contributed by atoms with Crippen molar-refractivity contribution in [3.8, 4) is 0 Å². The molecule has 30 heavy (non-hydrogen) atoms. The second-order valence-electron chi connectivity index (χ2n) is 7.41. The molecular weight excluding hydrogens is 398 g/mol. The molecule has 0 spiro atoms. The van der Waals surface area contributed by atoms with E-state index >= 15 is 0 Å². The summed E-state index contributed by atoms with van der Waals surface area (Å²) in [6, 6.07) is 10.4. The van der Waals surface area contributed by atoms with E-state index in [9.17, 15) is 9.59 Å². The van der Waals surface area contributed by atoms with E-state index in [1.54, 1.807) is 11.2 Å². The number of nitrogens with one attached hydrogen (secondary N) is 1. The van der Waals surface area contributed by atoms with E-state index in [0.29, 0.717) is 31.1 Å². The average Bonchev–Trinajstić information content (AvgIpc) is 3.14. The van der Waals surface area contributed by atoms with Gasteiger partial charge in [0.05, 0.1) is 10.3 Å². The summed E-state index contributed by atoms with van der Waals surface area (Å²) in [5.74, 6) is 0.794. The number of amides is 2. The van der Waals surface area contributed by atoms with Crippen LogP contribution in [0.15, 0.2) is 36.7 Å². The van der Waals surface area contributed by atoms with Gasteiger partial charge in [0.15, 0.2) is 0 Å². The molecule has 0 aliphatic carbocycles. The van der Waals surface area contributed by atoms with Gasteiger partial charge in [0.1, 0.15) is 17.0 Å². The lowest BCUT2D eigenvalue weighted by molar-refractivity contribution is -0.119. The maximum absolute atomic E-state index is 13.1. The lowest BCUT2D eigenvalue weighted by atomic mass is 10.1. The number of rotatable bonds is 7. The van der Waals surface area contributed by atoms with Crippen molar-refractivity contribution in [3.05, 3.63) is 52.7 Å². The van der Waals surface area contributed by atoms with Gasteiger partial charge >= 0.3 is 0 Å². The van der Waals surface area contributed by atoms with E-state index in [1.807, 2.05) is 17.9 Å². The summed E-state index contributed by atoms with van der Waals surface area (Å²) in [5.41, 5.74) is 2.24. The molecule has 3 heterocycles. The Morgan fingerprint density at radius 3 is 2.67 bits per heavy atom. The van der Waals surface area contributed by atoms with E-state index in [-0.39, 0.29) is 5.91 Å². The van der Waals surface area contributed by atoms with Gasteiger partial charge < -0.3 is 15.1 Å². The summed E-state index contributed by atoms with van der Waals surface area (Å²) in [4.78, 5) is 37.9. The van der Waals surface area contributed by atoms with Gasteiger partial charge in [-0.1, -0.05) is 30.3 Å². The fourth-order valence-corrected chi connectivity index (χ4v) is 4.84. The molecule has 0 radical (unpaired) electrons. The van der Waals surface area contributed by atoms with E-state index in [0.717, 1.165) is 47.4 Å². The third kappa shape index (κ3) is 4.28. The molecule has 0 atom stereocenters. The van der Waals surface area contributed by atoms with Crippen molar-refractivity contribution in [2.75, 3.05) is 38.0 Å². The summed E-state index contributed by atoms with van der Waals surface area (Å²) in [6.45, 7) is 5.03. The van der Waals surface area contributed by atoms with E-state index in [1.165, 1.54) is 16.9 Å². The Kier molecular flexibility index (Phi) is 6.23. The lowest BCUT2D eigenvalue weighted by Crippen LogP contribution is -2.48. The van der Waals surface area contributed by atoms with Gasteiger partial charge in [0.2, 0.25) is 6.41 Å². The van der Waals surface area contributed by atoms with Crippen LogP contribution in [-0.4, -0.2) is 64.8 Å². The Balaban J connectivity index is 1.46. The number of hydrogen-bond donors (Lipinski definition) is 1. The molecule has 2 amide bonds. The topological polar surface area (TPSA) is 78.4 Å². The summed E-state index contributed by atoms with van der Waals surface area (Å²) < 4.78 is 0. The quantitative estimate of drug-likeness (QED) is 0.467. The molecule has 1 fully saturated rings. The van der Waals surface area contributed by atoms with Crippen molar-refractivity contribution < 1.29 is 9.59 Å². The van der Waals surface area contributed by atoms with Gasteiger partial charge in [-0.15, -0.1) is 11.3 Å². The third-order valence-electron chi connectivity index (χ3n) is 5.45. The van der Waals surface area contributed by atoms with Crippen molar-refractivity contribution in [2.24, 2.45) is 0 Å². The van der Waals surface area contributed by atoms with Crippen molar-refractivity contribution in [3.63, 3.8) is 0 Å². The number of benzene rings is 1. The van der Waals surface area contributed by atoms with E-state index in [4.69, 9.17) is 0 Å². The Hall–Kier alpha value is -3.00. The Bertz CT molecular complexity index is 1030. The van der Waals surface area contributed by atoms with Crippen molar-refractivity contribution in [1.29, 1.82) is 0 Å². The van der Waals surface area contributed by atoms with E-state index in [2.05, 4.69) is 39.6 Å². The average molecular weight is 424 g/mol. The first-order valence-corrected chi connectivity index (χ1v) is 11.0. The van der Waals surface area contributed by atoms with Gasteiger partial charge in [-0.05, 0) is 30.9 Å². The molecule has 7 nitrogen and oxygen atoms in total. The smallest absolute Gasteiger partial charge is 0.264 e. The third-order valence-corrected chi connectivity index (χ3v) is 6.64. The standard InChI is InChI=1S/C22H25N5O2S/c1-16-18-20(23-9-5-8-17-6-3-2-4-7-17)24-14-25-21(18)30-19(16)22(29)27-12-10-26(15-28)11-13-27/h2-4,6-7,14-15H,5,8-13H2,1H3,(H,23,24,25). The number of fused-ring (bicyclic) bond motifs is 1. The number of carbonyl (C=O) groups excluding carboxylic acids is 2. The minimum Gasteiger partial charge on any atom is -0.369 e.